The van der Waals surface area contributed by atoms with Crippen molar-refractivity contribution in [2.24, 2.45) is 0 Å². The van der Waals surface area contributed by atoms with E-state index in [0.717, 1.165) is 11.4 Å². The molecule has 0 saturated carbocycles. The van der Waals surface area contributed by atoms with Gasteiger partial charge in [0.1, 0.15) is 5.76 Å². The first-order valence-electron chi connectivity index (χ1n) is 6.72. The van der Waals surface area contributed by atoms with Crippen molar-refractivity contribution in [3.05, 3.63) is 64.0 Å². The Morgan fingerprint density at radius 3 is 2.71 bits per heavy atom. The van der Waals surface area contributed by atoms with Crippen LogP contribution in [0.25, 0.3) is 5.69 Å². The number of hydrogen-bond acceptors (Lipinski definition) is 4. The van der Waals surface area contributed by atoms with E-state index in [1.54, 1.807) is 10.6 Å². The van der Waals surface area contributed by atoms with Crippen LogP contribution in [-0.2, 0) is 16.0 Å². The highest BCUT2D eigenvalue weighted by Crippen LogP contribution is 2.33. The van der Waals surface area contributed by atoms with E-state index in [-0.39, 0.29) is 11.9 Å². The lowest BCUT2D eigenvalue weighted by Gasteiger charge is -2.18. The Balaban J connectivity index is 2.11. The number of aromatic nitrogens is 1. The summed E-state index contributed by atoms with van der Waals surface area (Å²) in [5.41, 5.74) is 2.07. The number of oxazole rings is 1. The molecule has 1 aliphatic carbocycles. The highest BCUT2D eigenvalue weighted by Gasteiger charge is 2.31. The number of allylic oxidation sites excluding steroid dienone is 1. The van der Waals surface area contributed by atoms with E-state index in [1.807, 2.05) is 37.3 Å². The average Bonchev–Trinajstić information content (AvgIpc) is 2.85. The van der Waals surface area contributed by atoms with E-state index >= 15 is 0 Å². The normalized spacial score (nSPS) is 17.0. The fourth-order valence-electron chi connectivity index (χ4n) is 2.69. The Kier molecular flexibility index (Phi) is 3.25. The molecule has 1 heterocycles. The van der Waals surface area contributed by atoms with Crippen LogP contribution in [0.3, 0.4) is 0 Å². The van der Waals surface area contributed by atoms with Crippen molar-refractivity contribution in [2.45, 2.75) is 19.3 Å². The summed E-state index contributed by atoms with van der Waals surface area (Å²) in [6, 6.07) is 9.31. The van der Waals surface area contributed by atoms with Gasteiger partial charge in [0.2, 0.25) is 0 Å². The summed E-state index contributed by atoms with van der Waals surface area (Å²) >= 11 is 0. The molecular formula is C16H15NO4. The molecule has 2 aromatic rings. The van der Waals surface area contributed by atoms with Crippen molar-refractivity contribution in [1.82, 2.24) is 4.57 Å². The average molecular weight is 285 g/mol. The topological polar surface area (TPSA) is 61.4 Å². The van der Waals surface area contributed by atoms with Gasteiger partial charge in [-0.1, -0.05) is 31.2 Å². The maximum absolute atomic E-state index is 12.2. The van der Waals surface area contributed by atoms with Crippen molar-refractivity contribution in [2.75, 3.05) is 7.11 Å². The molecule has 1 unspecified atom stereocenters. The third-order valence-electron chi connectivity index (χ3n) is 3.74. The molecule has 5 nitrogen and oxygen atoms in total. The Morgan fingerprint density at radius 2 is 2.05 bits per heavy atom. The van der Waals surface area contributed by atoms with Gasteiger partial charge in [0.25, 0.3) is 0 Å². The number of fused-ring (bicyclic) bond motifs is 1. The molecule has 1 aromatic heterocycles. The molecule has 0 aliphatic heterocycles. The molecule has 0 amide bonds. The van der Waals surface area contributed by atoms with Crippen LogP contribution in [0.2, 0.25) is 0 Å². The highest BCUT2D eigenvalue weighted by molar-refractivity contribution is 5.90. The lowest BCUT2D eigenvalue weighted by atomic mass is 9.90. The summed E-state index contributed by atoms with van der Waals surface area (Å²) in [6.07, 6.45) is 2.26. The number of esters is 1. The minimum Gasteiger partial charge on any atom is -0.466 e. The van der Waals surface area contributed by atoms with Gasteiger partial charge in [0, 0.05) is 17.9 Å². The summed E-state index contributed by atoms with van der Waals surface area (Å²) in [5, 5.41) is 0. The summed E-state index contributed by atoms with van der Waals surface area (Å²) < 4.78 is 11.7. The second kappa shape index (κ2) is 5.09. The Morgan fingerprint density at radius 1 is 1.33 bits per heavy atom. The maximum Gasteiger partial charge on any atom is 0.424 e. The molecule has 0 bridgehead atoms. The number of rotatable bonds is 2. The number of hydrogen-bond donors (Lipinski definition) is 0. The SMILES string of the molecule is COC(=O)C1=CCc2c(oc(=O)n2-c2ccccc2)C1C. The maximum atomic E-state index is 12.2. The molecule has 1 aliphatic rings. The lowest BCUT2D eigenvalue weighted by molar-refractivity contribution is -0.136. The van der Waals surface area contributed by atoms with Crippen LogP contribution in [0, 0.1) is 0 Å². The number of ether oxygens (including phenoxy) is 1. The van der Waals surface area contributed by atoms with Crippen LogP contribution in [0.15, 0.2) is 51.2 Å². The molecule has 0 radical (unpaired) electrons. The number of para-hydroxylation sites is 1. The van der Waals surface area contributed by atoms with Gasteiger partial charge in [0.15, 0.2) is 0 Å². The van der Waals surface area contributed by atoms with Gasteiger partial charge in [-0.3, -0.25) is 0 Å². The Labute approximate surface area is 121 Å². The minimum absolute atomic E-state index is 0.293. The molecule has 0 saturated heterocycles. The Bertz CT molecular complexity index is 767. The molecule has 0 fully saturated rings. The first-order chi connectivity index (χ1) is 10.1. The summed E-state index contributed by atoms with van der Waals surface area (Å²) in [6.45, 7) is 1.83. The zero-order valence-corrected chi connectivity index (χ0v) is 11.8. The molecule has 0 N–H and O–H groups in total. The zero-order chi connectivity index (χ0) is 15.0. The smallest absolute Gasteiger partial charge is 0.424 e. The summed E-state index contributed by atoms with van der Waals surface area (Å²) in [5.74, 6) is -0.577. The monoisotopic (exact) mass is 285 g/mol. The molecule has 108 valence electrons. The van der Waals surface area contributed by atoms with Crippen LogP contribution in [0.5, 0.6) is 0 Å². The molecular weight excluding hydrogens is 270 g/mol. The van der Waals surface area contributed by atoms with Crippen LogP contribution >= 0.6 is 0 Å². The fourth-order valence-corrected chi connectivity index (χ4v) is 2.69. The van der Waals surface area contributed by atoms with Crippen molar-refractivity contribution >= 4 is 5.97 Å². The highest BCUT2D eigenvalue weighted by atomic mass is 16.5. The zero-order valence-electron chi connectivity index (χ0n) is 11.8. The van der Waals surface area contributed by atoms with E-state index in [1.165, 1.54) is 7.11 Å². The number of nitrogens with zero attached hydrogens (tertiary/aromatic N) is 1. The van der Waals surface area contributed by atoms with E-state index in [4.69, 9.17) is 9.15 Å². The second-order valence-corrected chi connectivity index (χ2v) is 4.93. The second-order valence-electron chi connectivity index (χ2n) is 4.93. The van der Waals surface area contributed by atoms with Crippen molar-refractivity contribution < 1.29 is 13.9 Å². The first-order valence-corrected chi connectivity index (χ1v) is 6.72. The summed E-state index contributed by atoms with van der Waals surface area (Å²) in [4.78, 5) is 23.9. The molecule has 21 heavy (non-hydrogen) atoms. The number of benzene rings is 1. The van der Waals surface area contributed by atoms with Crippen molar-refractivity contribution in [1.29, 1.82) is 0 Å². The van der Waals surface area contributed by atoms with Gasteiger partial charge in [-0.05, 0) is 12.1 Å². The fraction of sp³-hybridized carbons (Fsp3) is 0.250. The van der Waals surface area contributed by atoms with Gasteiger partial charge in [-0.15, -0.1) is 0 Å². The minimum atomic E-state index is -0.433. The van der Waals surface area contributed by atoms with Gasteiger partial charge in [-0.25, -0.2) is 14.2 Å². The predicted octanol–water partition coefficient (Wildman–Crippen LogP) is 2.19. The van der Waals surface area contributed by atoms with Gasteiger partial charge in [0.05, 0.1) is 18.5 Å². The van der Waals surface area contributed by atoms with Crippen molar-refractivity contribution in [3.63, 3.8) is 0 Å². The van der Waals surface area contributed by atoms with Crippen molar-refractivity contribution in [3.8, 4) is 5.69 Å². The molecule has 3 rings (SSSR count). The van der Waals surface area contributed by atoms with Gasteiger partial charge >= 0.3 is 11.7 Å². The third-order valence-corrected chi connectivity index (χ3v) is 3.74. The standard InChI is InChI=1S/C16H15NO4/c1-10-12(15(18)20-2)8-9-13-14(10)21-16(19)17(13)11-6-4-3-5-7-11/h3-8,10H,9H2,1-2H3. The summed E-state index contributed by atoms with van der Waals surface area (Å²) in [7, 11) is 1.34. The predicted molar refractivity (Wildman–Crippen MR) is 76.5 cm³/mol. The van der Waals surface area contributed by atoms with Crippen LogP contribution < -0.4 is 5.76 Å². The first kappa shape index (κ1) is 13.4. The molecule has 0 spiro atoms. The third kappa shape index (κ3) is 2.11. The largest absolute Gasteiger partial charge is 0.466 e. The molecule has 5 heteroatoms. The van der Waals surface area contributed by atoms with Crippen LogP contribution in [-0.4, -0.2) is 17.6 Å². The van der Waals surface area contributed by atoms with E-state index < -0.39 is 5.76 Å². The quantitative estimate of drug-likeness (QED) is 0.794. The van der Waals surface area contributed by atoms with Crippen LogP contribution in [0.4, 0.5) is 0 Å². The van der Waals surface area contributed by atoms with E-state index in [9.17, 15) is 9.59 Å². The number of methoxy groups -OCH3 is 1. The van der Waals surface area contributed by atoms with Gasteiger partial charge < -0.3 is 9.15 Å². The lowest BCUT2D eigenvalue weighted by Crippen LogP contribution is -2.18. The van der Waals surface area contributed by atoms with Crippen LogP contribution in [0.1, 0.15) is 24.3 Å². The Hall–Kier alpha value is -2.56. The number of carbonyl (C=O) groups excluding carboxylic acids is 1. The van der Waals surface area contributed by atoms with Gasteiger partial charge in [-0.2, -0.15) is 0 Å². The molecule has 1 atom stereocenters. The van der Waals surface area contributed by atoms with E-state index in [0.29, 0.717) is 17.8 Å². The number of carbonyl (C=O) groups is 1. The molecule has 1 aromatic carbocycles. The van der Waals surface area contributed by atoms with E-state index in [2.05, 4.69) is 0 Å².